The van der Waals surface area contributed by atoms with Crippen LogP contribution in [0.4, 0.5) is 23.7 Å². The van der Waals surface area contributed by atoms with Crippen LogP contribution in [0.5, 0.6) is 0 Å². The molecule has 1 heterocycles. The number of alkyl halides is 3. The van der Waals surface area contributed by atoms with Gasteiger partial charge in [-0.2, -0.15) is 13.2 Å². The van der Waals surface area contributed by atoms with E-state index >= 15 is 0 Å². The molecule has 2 aromatic rings. The fourth-order valence-corrected chi connectivity index (χ4v) is 3.10. The van der Waals surface area contributed by atoms with E-state index < -0.39 is 17.8 Å². The van der Waals surface area contributed by atoms with Crippen molar-refractivity contribution in [3.8, 4) is 0 Å². The van der Waals surface area contributed by atoms with Crippen molar-refractivity contribution < 1.29 is 18.0 Å². The smallest absolute Gasteiger partial charge is 0.337 e. The normalized spacial score (nSPS) is 11.3. The standard InChI is InChI=1S/C15H11Cl3F3N3OS/c16-10-2-1-9(6-11(10)17)24-14(25)22-3-4-26-13-12(18)5-8(7-23-13)15(19,20)21/h1-2,5-7H,3-4H2,(H2,22,24,25). The van der Waals surface area contributed by atoms with Gasteiger partial charge in [-0.25, -0.2) is 9.78 Å². The van der Waals surface area contributed by atoms with Crippen LogP contribution in [-0.2, 0) is 6.18 Å². The highest BCUT2D eigenvalue weighted by molar-refractivity contribution is 7.99. The minimum absolute atomic E-state index is 0.0925. The second kappa shape index (κ2) is 9.03. The van der Waals surface area contributed by atoms with Crippen molar-refractivity contribution in [1.82, 2.24) is 10.3 Å². The highest BCUT2D eigenvalue weighted by Gasteiger charge is 2.31. The van der Waals surface area contributed by atoms with Crippen LogP contribution in [0.25, 0.3) is 0 Å². The van der Waals surface area contributed by atoms with Crippen molar-refractivity contribution in [2.75, 3.05) is 17.6 Å². The lowest BCUT2D eigenvalue weighted by Crippen LogP contribution is -2.30. The van der Waals surface area contributed by atoms with Gasteiger partial charge in [-0.3, -0.25) is 0 Å². The molecule has 2 rings (SSSR count). The molecule has 0 unspecified atom stereocenters. The summed E-state index contributed by atoms with van der Waals surface area (Å²) in [7, 11) is 0. The van der Waals surface area contributed by atoms with Gasteiger partial charge in [0.05, 0.1) is 20.6 Å². The number of pyridine rings is 1. The lowest BCUT2D eigenvalue weighted by molar-refractivity contribution is -0.137. The molecule has 0 saturated heterocycles. The van der Waals surface area contributed by atoms with Gasteiger partial charge in [-0.1, -0.05) is 34.8 Å². The molecule has 0 aliphatic heterocycles. The summed E-state index contributed by atoms with van der Waals surface area (Å²) in [6.45, 7) is 0.247. The number of thioether (sulfide) groups is 1. The van der Waals surface area contributed by atoms with Crippen molar-refractivity contribution in [1.29, 1.82) is 0 Å². The molecule has 11 heteroatoms. The summed E-state index contributed by atoms with van der Waals surface area (Å²) >= 11 is 18.6. The number of rotatable bonds is 5. The monoisotopic (exact) mass is 443 g/mol. The van der Waals surface area contributed by atoms with Crippen LogP contribution in [0.3, 0.4) is 0 Å². The molecule has 0 bridgehead atoms. The lowest BCUT2D eigenvalue weighted by Gasteiger charge is -2.10. The summed E-state index contributed by atoms with van der Waals surface area (Å²) < 4.78 is 37.6. The number of urea groups is 1. The van der Waals surface area contributed by atoms with Crippen LogP contribution < -0.4 is 10.6 Å². The third-order valence-electron chi connectivity index (χ3n) is 2.94. The van der Waals surface area contributed by atoms with E-state index in [-0.39, 0.29) is 16.6 Å². The quantitative estimate of drug-likeness (QED) is 0.441. The molecule has 2 amide bonds. The average Bonchev–Trinajstić information content (AvgIpc) is 2.55. The largest absolute Gasteiger partial charge is 0.417 e. The summed E-state index contributed by atoms with van der Waals surface area (Å²) in [4.78, 5) is 15.5. The van der Waals surface area contributed by atoms with E-state index in [1.165, 1.54) is 6.07 Å². The summed E-state index contributed by atoms with van der Waals surface area (Å²) in [5.41, 5.74) is -0.442. The Balaban J connectivity index is 1.79. The summed E-state index contributed by atoms with van der Waals surface area (Å²) in [6, 6.07) is 5.00. The number of hydrogen-bond acceptors (Lipinski definition) is 3. The van der Waals surface area contributed by atoms with Gasteiger partial charge in [0.25, 0.3) is 0 Å². The predicted octanol–water partition coefficient (Wildman–Crippen LogP) is 5.97. The van der Waals surface area contributed by atoms with Gasteiger partial charge >= 0.3 is 12.2 Å². The summed E-state index contributed by atoms with van der Waals surface area (Å²) in [6.07, 6.45) is -3.78. The Morgan fingerprint density at radius 1 is 1.12 bits per heavy atom. The topological polar surface area (TPSA) is 54.0 Å². The fraction of sp³-hybridized carbons (Fsp3) is 0.200. The molecular weight excluding hydrogens is 434 g/mol. The van der Waals surface area contributed by atoms with Crippen LogP contribution >= 0.6 is 46.6 Å². The van der Waals surface area contributed by atoms with Gasteiger partial charge in [0.2, 0.25) is 0 Å². The van der Waals surface area contributed by atoms with Crippen molar-refractivity contribution in [2.24, 2.45) is 0 Å². The van der Waals surface area contributed by atoms with Crippen molar-refractivity contribution in [3.05, 3.63) is 51.1 Å². The number of carbonyl (C=O) groups excluding carboxylic acids is 1. The van der Waals surface area contributed by atoms with Crippen molar-refractivity contribution in [3.63, 3.8) is 0 Å². The van der Waals surface area contributed by atoms with Crippen LogP contribution in [0.1, 0.15) is 5.56 Å². The molecule has 0 aliphatic rings. The van der Waals surface area contributed by atoms with Crippen LogP contribution in [0.15, 0.2) is 35.5 Å². The maximum Gasteiger partial charge on any atom is 0.417 e. The molecule has 1 aromatic carbocycles. The molecule has 0 atom stereocenters. The third kappa shape index (κ3) is 6.12. The number of aromatic nitrogens is 1. The molecular formula is C15H11Cl3F3N3OS. The first-order valence-electron chi connectivity index (χ1n) is 7.02. The highest BCUT2D eigenvalue weighted by Crippen LogP contribution is 2.33. The van der Waals surface area contributed by atoms with Gasteiger partial charge in [0.15, 0.2) is 0 Å². The molecule has 4 nitrogen and oxygen atoms in total. The van der Waals surface area contributed by atoms with Crippen molar-refractivity contribution in [2.45, 2.75) is 11.2 Å². The molecule has 2 N–H and O–H groups in total. The van der Waals surface area contributed by atoms with E-state index in [1.807, 2.05) is 0 Å². The zero-order valence-electron chi connectivity index (χ0n) is 12.8. The number of nitrogens with zero attached hydrogens (tertiary/aromatic N) is 1. The zero-order valence-corrected chi connectivity index (χ0v) is 15.9. The Labute approximate surface area is 166 Å². The van der Waals surface area contributed by atoms with Crippen LogP contribution in [0, 0.1) is 0 Å². The second-order valence-corrected chi connectivity index (χ2v) is 7.17. The minimum Gasteiger partial charge on any atom is -0.337 e. The summed E-state index contributed by atoms with van der Waals surface area (Å²) in [5.74, 6) is 0.368. The fourth-order valence-electron chi connectivity index (χ4n) is 1.75. The van der Waals surface area contributed by atoms with Gasteiger partial charge in [0.1, 0.15) is 5.03 Å². The highest BCUT2D eigenvalue weighted by atomic mass is 35.5. The Kier molecular flexibility index (Phi) is 7.28. The number of anilines is 1. The number of halogens is 6. The lowest BCUT2D eigenvalue weighted by atomic mass is 10.3. The molecule has 0 fully saturated rings. The maximum absolute atomic E-state index is 12.5. The number of carbonyl (C=O) groups is 1. The number of amides is 2. The van der Waals surface area contributed by atoms with E-state index in [4.69, 9.17) is 34.8 Å². The van der Waals surface area contributed by atoms with Gasteiger partial charge in [0, 0.05) is 24.2 Å². The second-order valence-electron chi connectivity index (χ2n) is 4.87. The molecule has 0 radical (unpaired) electrons. The number of hydrogen-bond donors (Lipinski definition) is 2. The first-order chi connectivity index (χ1) is 12.2. The predicted molar refractivity (Wildman–Crippen MR) is 98.5 cm³/mol. The summed E-state index contributed by atoms with van der Waals surface area (Å²) in [5, 5.41) is 6.01. The van der Waals surface area contributed by atoms with Gasteiger partial charge < -0.3 is 10.6 Å². The molecule has 26 heavy (non-hydrogen) atoms. The maximum atomic E-state index is 12.5. The Morgan fingerprint density at radius 2 is 1.85 bits per heavy atom. The van der Waals surface area contributed by atoms with Gasteiger partial charge in [-0.15, -0.1) is 11.8 Å². The molecule has 140 valence electrons. The number of nitrogens with one attached hydrogen (secondary N) is 2. The van der Waals surface area contributed by atoms with E-state index in [0.717, 1.165) is 24.0 Å². The minimum atomic E-state index is -4.50. The number of benzene rings is 1. The van der Waals surface area contributed by atoms with Gasteiger partial charge in [-0.05, 0) is 24.3 Å². The van der Waals surface area contributed by atoms with Crippen LogP contribution in [-0.4, -0.2) is 23.3 Å². The van der Waals surface area contributed by atoms with E-state index in [1.54, 1.807) is 12.1 Å². The SMILES string of the molecule is O=C(NCCSc1ncc(C(F)(F)F)cc1Cl)Nc1ccc(Cl)c(Cl)c1. The van der Waals surface area contributed by atoms with Crippen LogP contribution in [0.2, 0.25) is 15.1 Å². The molecule has 0 spiro atoms. The van der Waals surface area contributed by atoms with E-state index in [9.17, 15) is 18.0 Å². The molecule has 1 aromatic heterocycles. The Hall–Kier alpha value is -1.35. The first kappa shape index (κ1) is 21.0. The average molecular weight is 445 g/mol. The zero-order chi connectivity index (χ0) is 19.3. The molecule has 0 aliphatic carbocycles. The van der Waals surface area contributed by atoms with E-state index in [2.05, 4.69) is 15.6 Å². The first-order valence-corrected chi connectivity index (χ1v) is 9.14. The third-order valence-corrected chi connectivity index (χ3v) is 5.08. The van der Waals surface area contributed by atoms with Crippen molar-refractivity contribution >= 4 is 58.3 Å². The Morgan fingerprint density at radius 3 is 2.46 bits per heavy atom. The molecule has 0 saturated carbocycles. The van der Waals surface area contributed by atoms with E-state index in [0.29, 0.717) is 21.5 Å². The Bertz CT molecular complexity index is 805.